The van der Waals surface area contributed by atoms with E-state index in [1.54, 1.807) is 0 Å². The molecule has 0 aliphatic heterocycles. The Morgan fingerprint density at radius 3 is 2.32 bits per heavy atom. The lowest BCUT2D eigenvalue weighted by molar-refractivity contribution is 0.634. The maximum Gasteiger partial charge on any atom is 0.0712 e. The SMILES string of the molecule is CC.CNC(C)c1cccc(-c2cccc3ccccc23)n1. The minimum absolute atomic E-state index is 0.255. The van der Waals surface area contributed by atoms with Gasteiger partial charge in [0, 0.05) is 11.6 Å². The summed E-state index contributed by atoms with van der Waals surface area (Å²) in [6.45, 7) is 6.12. The summed E-state index contributed by atoms with van der Waals surface area (Å²) in [6, 6.07) is 21.3. The highest BCUT2D eigenvalue weighted by atomic mass is 14.9. The highest BCUT2D eigenvalue weighted by molar-refractivity contribution is 5.95. The van der Waals surface area contributed by atoms with Crippen molar-refractivity contribution in [3.8, 4) is 11.3 Å². The zero-order valence-corrected chi connectivity index (χ0v) is 13.8. The third-order valence-electron chi connectivity index (χ3n) is 3.71. The molecule has 1 N–H and O–H groups in total. The Morgan fingerprint density at radius 2 is 1.55 bits per heavy atom. The maximum atomic E-state index is 4.80. The summed E-state index contributed by atoms with van der Waals surface area (Å²) < 4.78 is 0. The minimum atomic E-state index is 0.255. The third kappa shape index (κ3) is 3.34. The average Bonchev–Trinajstić information content (AvgIpc) is 2.62. The molecule has 0 saturated carbocycles. The van der Waals surface area contributed by atoms with Crippen molar-refractivity contribution in [2.75, 3.05) is 7.05 Å². The summed E-state index contributed by atoms with van der Waals surface area (Å²) >= 11 is 0. The molecule has 0 saturated heterocycles. The van der Waals surface area contributed by atoms with Crippen LogP contribution in [0.15, 0.2) is 60.7 Å². The first-order valence-electron chi connectivity index (χ1n) is 7.92. The predicted molar refractivity (Wildman–Crippen MR) is 96.0 cm³/mol. The smallest absolute Gasteiger partial charge is 0.0712 e. The van der Waals surface area contributed by atoms with Crippen LogP contribution in [-0.2, 0) is 0 Å². The molecule has 0 fully saturated rings. The first-order valence-corrected chi connectivity index (χ1v) is 7.92. The number of benzene rings is 2. The Hall–Kier alpha value is -2.19. The zero-order chi connectivity index (χ0) is 15.9. The summed E-state index contributed by atoms with van der Waals surface area (Å²) in [7, 11) is 1.96. The summed E-state index contributed by atoms with van der Waals surface area (Å²) in [5.41, 5.74) is 3.28. The fraction of sp³-hybridized carbons (Fsp3) is 0.250. The Balaban J connectivity index is 0.000000847. The summed E-state index contributed by atoms with van der Waals surface area (Å²) in [5.74, 6) is 0. The monoisotopic (exact) mass is 292 g/mol. The molecule has 0 amide bonds. The number of nitrogens with zero attached hydrogens (tertiary/aromatic N) is 1. The summed E-state index contributed by atoms with van der Waals surface area (Å²) in [6.07, 6.45) is 0. The van der Waals surface area contributed by atoms with E-state index in [9.17, 15) is 0 Å². The van der Waals surface area contributed by atoms with Crippen LogP contribution in [0.1, 0.15) is 32.5 Å². The van der Waals surface area contributed by atoms with Gasteiger partial charge in [-0.25, -0.2) is 0 Å². The van der Waals surface area contributed by atoms with Gasteiger partial charge in [-0.15, -0.1) is 0 Å². The van der Waals surface area contributed by atoms with Crippen LogP contribution in [0.5, 0.6) is 0 Å². The molecule has 3 aromatic rings. The van der Waals surface area contributed by atoms with Crippen LogP contribution < -0.4 is 5.32 Å². The van der Waals surface area contributed by atoms with Crippen LogP contribution in [0.2, 0.25) is 0 Å². The molecule has 1 atom stereocenters. The van der Waals surface area contributed by atoms with E-state index in [0.29, 0.717) is 0 Å². The largest absolute Gasteiger partial charge is 0.312 e. The van der Waals surface area contributed by atoms with Crippen molar-refractivity contribution >= 4 is 10.8 Å². The number of hydrogen-bond acceptors (Lipinski definition) is 2. The van der Waals surface area contributed by atoms with Gasteiger partial charge in [0.1, 0.15) is 0 Å². The topological polar surface area (TPSA) is 24.9 Å². The van der Waals surface area contributed by atoms with E-state index in [0.717, 1.165) is 11.4 Å². The lowest BCUT2D eigenvalue weighted by Gasteiger charge is -2.12. The molecule has 1 aromatic heterocycles. The Kier molecular flexibility index (Phi) is 5.68. The van der Waals surface area contributed by atoms with Gasteiger partial charge >= 0.3 is 0 Å². The van der Waals surface area contributed by atoms with Crippen molar-refractivity contribution in [3.63, 3.8) is 0 Å². The first kappa shape index (κ1) is 16.2. The summed E-state index contributed by atoms with van der Waals surface area (Å²) in [5, 5.41) is 5.73. The highest BCUT2D eigenvalue weighted by Crippen LogP contribution is 2.27. The summed E-state index contributed by atoms with van der Waals surface area (Å²) in [4.78, 5) is 4.80. The van der Waals surface area contributed by atoms with E-state index in [1.807, 2.05) is 20.9 Å². The zero-order valence-electron chi connectivity index (χ0n) is 13.8. The van der Waals surface area contributed by atoms with Gasteiger partial charge < -0.3 is 5.32 Å². The lowest BCUT2D eigenvalue weighted by atomic mass is 10.0. The van der Waals surface area contributed by atoms with Crippen LogP contribution >= 0.6 is 0 Å². The van der Waals surface area contributed by atoms with Gasteiger partial charge in [0.25, 0.3) is 0 Å². The van der Waals surface area contributed by atoms with E-state index in [1.165, 1.54) is 16.3 Å². The van der Waals surface area contributed by atoms with Crippen molar-refractivity contribution in [1.82, 2.24) is 10.3 Å². The van der Waals surface area contributed by atoms with Gasteiger partial charge in [0.2, 0.25) is 0 Å². The van der Waals surface area contributed by atoms with E-state index >= 15 is 0 Å². The van der Waals surface area contributed by atoms with Crippen LogP contribution in [0.4, 0.5) is 0 Å². The van der Waals surface area contributed by atoms with Crippen molar-refractivity contribution < 1.29 is 0 Å². The average molecular weight is 292 g/mol. The molecule has 114 valence electrons. The van der Waals surface area contributed by atoms with Crippen LogP contribution in [0.3, 0.4) is 0 Å². The number of rotatable bonds is 3. The van der Waals surface area contributed by atoms with E-state index < -0.39 is 0 Å². The van der Waals surface area contributed by atoms with Crippen molar-refractivity contribution in [2.24, 2.45) is 0 Å². The van der Waals surface area contributed by atoms with E-state index in [4.69, 9.17) is 4.98 Å². The normalized spacial score (nSPS) is 11.6. The minimum Gasteiger partial charge on any atom is -0.312 e. The van der Waals surface area contributed by atoms with Gasteiger partial charge in [0.15, 0.2) is 0 Å². The molecule has 0 aliphatic rings. The fourth-order valence-corrected chi connectivity index (χ4v) is 2.44. The standard InChI is InChI=1S/C18H18N2.C2H6/c1-13(19-2)17-11-6-12-18(20-17)16-10-5-8-14-7-3-4-9-15(14)16;1-2/h3-13,19H,1-2H3;1-2H3. The third-order valence-corrected chi connectivity index (χ3v) is 3.71. The molecule has 0 bridgehead atoms. The predicted octanol–water partition coefficient (Wildman–Crippen LogP) is 5.21. The molecule has 1 unspecified atom stereocenters. The number of nitrogens with one attached hydrogen (secondary N) is 1. The first-order chi connectivity index (χ1) is 10.8. The number of pyridine rings is 1. The molecular weight excluding hydrogens is 268 g/mol. The fourth-order valence-electron chi connectivity index (χ4n) is 2.44. The van der Waals surface area contributed by atoms with Crippen molar-refractivity contribution in [1.29, 1.82) is 0 Å². The molecule has 0 radical (unpaired) electrons. The van der Waals surface area contributed by atoms with Crippen LogP contribution in [0.25, 0.3) is 22.0 Å². The molecule has 2 heteroatoms. The maximum absolute atomic E-state index is 4.80. The molecule has 0 aliphatic carbocycles. The Morgan fingerprint density at radius 1 is 0.864 bits per heavy atom. The number of aromatic nitrogens is 1. The van der Waals surface area contributed by atoms with Crippen molar-refractivity contribution in [3.05, 3.63) is 66.4 Å². The van der Waals surface area contributed by atoms with Gasteiger partial charge in [-0.2, -0.15) is 0 Å². The second-order valence-electron chi connectivity index (χ2n) is 4.98. The second kappa shape index (κ2) is 7.71. The van der Waals surface area contributed by atoms with Gasteiger partial charge in [-0.1, -0.05) is 62.4 Å². The Bertz CT molecular complexity index is 729. The lowest BCUT2D eigenvalue weighted by Crippen LogP contribution is -2.13. The molecular formula is C20H24N2. The van der Waals surface area contributed by atoms with E-state index in [2.05, 4.69) is 72.9 Å². The molecule has 2 aromatic carbocycles. The van der Waals surface area contributed by atoms with Crippen LogP contribution in [0, 0.1) is 0 Å². The second-order valence-corrected chi connectivity index (χ2v) is 4.98. The Labute approximate surface area is 133 Å². The quantitative estimate of drug-likeness (QED) is 0.717. The molecule has 2 nitrogen and oxygen atoms in total. The molecule has 3 rings (SSSR count). The number of hydrogen-bond donors (Lipinski definition) is 1. The van der Waals surface area contributed by atoms with Crippen LogP contribution in [-0.4, -0.2) is 12.0 Å². The molecule has 22 heavy (non-hydrogen) atoms. The van der Waals surface area contributed by atoms with E-state index in [-0.39, 0.29) is 6.04 Å². The molecule has 0 spiro atoms. The van der Waals surface area contributed by atoms with Crippen molar-refractivity contribution in [2.45, 2.75) is 26.8 Å². The van der Waals surface area contributed by atoms with Gasteiger partial charge in [-0.3, -0.25) is 4.98 Å². The molecule has 1 heterocycles. The van der Waals surface area contributed by atoms with Gasteiger partial charge in [-0.05, 0) is 36.9 Å². The highest BCUT2D eigenvalue weighted by Gasteiger charge is 2.08. The van der Waals surface area contributed by atoms with Gasteiger partial charge in [0.05, 0.1) is 11.4 Å². The number of fused-ring (bicyclic) bond motifs is 1.